The molecule has 0 saturated heterocycles. The van der Waals surface area contributed by atoms with Gasteiger partial charge in [0.2, 0.25) is 0 Å². The number of carbonyl (C=O) groups is 1. The van der Waals surface area contributed by atoms with E-state index in [1.54, 1.807) is 0 Å². The zero-order valence-corrected chi connectivity index (χ0v) is 13.8. The quantitative estimate of drug-likeness (QED) is 0.510. The third-order valence-electron chi connectivity index (χ3n) is 3.86. The maximum atomic E-state index is 10.9. The summed E-state index contributed by atoms with van der Waals surface area (Å²) in [6, 6.07) is 9.93. The molecule has 1 aromatic carbocycles. The summed E-state index contributed by atoms with van der Waals surface area (Å²) in [5.74, 6) is -0.777. The second-order valence-corrected chi connectivity index (χ2v) is 5.93. The molecule has 1 unspecified atom stereocenters. The first kappa shape index (κ1) is 18.7. The van der Waals surface area contributed by atoms with Crippen LogP contribution in [-0.2, 0) is 16.1 Å². The number of carboxylic acid groups (broad SMARTS) is 1. The summed E-state index contributed by atoms with van der Waals surface area (Å²) in [7, 11) is 0. The van der Waals surface area contributed by atoms with Gasteiger partial charge in [-0.05, 0) is 12.0 Å². The Morgan fingerprint density at radius 3 is 2.32 bits per heavy atom. The Kier molecular flexibility index (Phi) is 10.4. The summed E-state index contributed by atoms with van der Waals surface area (Å²) in [4.78, 5) is 10.9. The molecule has 0 spiro atoms. The molecule has 0 fully saturated rings. The first-order valence-electron chi connectivity index (χ1n) is 8.59. The molecular formula is C19H30O3. The molecule has 1 atom stereocenters. The van der Waals surface area contributed by atoms with Crippen LogP contribution in [0.15, 0.2) is 30.3 Å². The van der Waals surface area contributed by atoms with E-state index in [0.29, 0.717) is 6.61 Å². The Morgan fingerprint density at radius 1 is 1.05 bits per heavy atom. The van der Waals surface area contributed by atoms with Gasteiger partial charge in [0.25, 0.3) is 0 Å². The van der Waals surface area contributed by atoms with Gasteiger partial charge in [-0.3, -0.25) is 4.79 Å². The molecule has 124 valence electrons. The van der Waals surface area contributed by atoms with Crippen LogP contribution in [0.1, 0.15) is 70.3 Å². The second kappa shape index (κ2) is 12.2. The van der Waals surface area contributed by atoms with Gasteiger partial charge >= 0.3 is 5.97 Å². The molecule has 1 rings (SSSR count). The van der Waals surface area contributed by atoms with E-state index >= 15 is 0 Å². The van der Waals surface area contributed by atoms with Crippen LogP contribution in [0, 0.1) is 0 Å². The highest BCUT2D eigenvalue weighted by Gasteiger charge is 2.13. The molecule has 0 heterocycles. The van der Waals surface area contributed by atoms with Gasteiger partial charge in [-0.25, -0.2) is 0 Å². The first-order valence-corrected chi connectivity index (χ1v) is 8.59. The normalized spacial score (nSPS) is 12.2. The lowest BCUT2D eigenvalue weighted by molar-refractivity contribution is -0.140. The predicted molar refractivity (Wildman–Crippen MR) is 89.9 cm³/mol. The fraction of sp³-hybridized carbons (Fsp3) is 0.632. The van der Waals surface area contributed by atoms with Crippen molar-refractivity contribution in [3.63, 3.8) is 0 Å². The van der Waals surface area contributed by atoms with Gasteiger partial charge in [-0.2, -0.15) is 0 Å². The van der Waals surface area contributed by atoms with Crippen molar-refractivity contribution < 1.29 is 14.6 Å². The fourth-order valence-corrected chi connectivity index (χ4v) is 2.56. The number of carboxylic acids is 1. The van der Waals surface area contributed by atoms with E-state index in [2.05, 4.69) is 6.92 Å². The van der Waals surface area contributed by atoms with E-state index in [9.17, 15) is 4.79 Å². The summed E-state index contributed by atoms with van der Waals surface area (Å²) >= 11 is 0. The van der Waals surface area contributed by atoms with Crippen molar-refractivity contribution >= 4 is 5.97 Å². The molecule has 1 aromatic rings. The van der Waals surface area contributed by atoms with Gasteiger partial charge in [0, 0.05) is 0 Å². The molecule has 22 heavy (non-hydrogen) atoms. The predicted octanol–water partition coefficient (Wildman–Crippen LogP) is 5.19. The van der Waals surface area contributed by atoms with Crippen molar-refractivity contribution in [3.8, 4) is 0 Å². The molecule has 1 N–H and O–H groups in total. The molecule has 0 aliphatic heterocycles. The van der Waals surface area contributed by atoms with Gasteiger partial charge in [-0.15, -0.1) is 0 Å². The van der Waals surface area contributed by atoms with Crippen molar-refractivity contribution in [2.75, 3.05) is 0 Å². The first-order chi connectivity index (χ1) is 10.7. The lowest BCUT2D eigenvalue weighted by atomic mass is 10.0. The summed E-state index contributed by atoms with van der Waals surface area (Å²) in [5, 5.41) is 9.00. The van der Waals surface area contributed by atoms with Crippen molar-refractivity contribution in [1.29, 1.82) is 0 Å². The van der Waals surface area contributed by atoms with Crippen LogP contribution in [0.4, 0.5) is 0 Å². The zero-order chi connectivity index (χ0) is 16.0. The van der Waals surface area contributed by atoms with Crippen molar-refractivity contribution in [2.45, 2.75) is 77.4 Å². The summed E-state index contributed by atoms with van der Waals surface area (Å²) in [5.41, 5.74) is 1.09. The molecule has 0 aromatic heterocycles. The maximum Gasteiger partial charge on any atom is 0.305 e. The van der Waals surface area contributed by atoms with E-state index in [1.165, 1.54) is 38.5 Å². The zero-order valence-electron chi connectivity index (χ0n) is 13.8. The minimum absolute atomic E-state index is 0.0999. The third kappa shape index (κ3) is 9.56. The summed E-state index contributed by atoms with van der Waals surface area (Å²) in [6.45, 7) is 2.72. The molecule has 0 radical (unpaired) electrons. The van der Waals surface area contributed by atoms with Gasteiger partial charge in [0.1, 0.15) is 0 Å². The smallest absolute Gasteiger partial charge is 0.305 e. The SMILES string of the molecule is CCCCCCCCCC(CC(=O)O)OCc1ccccc1. The lowest BCUT2D eigenvalue weighted by Gasteiger charge is -2.16. The summed E-state index contributed by atoms with van der Waals surface area (Å²) in [6.07, 6.45) is 9.45. The number of benzene rings is 1. The highest BCUT2D eigenvalue weighted by Crippen LogP contribution is 2.15. The Morgan fingerprint density at radius 2 is 1.68 bits per heavy atom. The highest BCUT2D eigenvalue weighted by atomic mass is 16.5. The van der Waals surface area contributed by atoms with E-state index in [4.69, 9.17) is 9.84 Å². The molecule has 0 bridgehead atoms. The lowest BCUT2D eigenvalue weighted by Crippen LogP contribution is -2.17. The average molecular weight is 306 g/mol. The fourth-order valence-electron chi connectivity index (χ4n) is 2.56. The molecule has 0 saturated carbocycles. The molecule has 0 aliphatic carbocycles. The number of unbranched alkanes of at least 4 members (excludes halogenated alkanes) is 6. The Bertz CT molecular complexity index is 389. The molecule has 0 aliphatic rings. The molecular weight excluding hydrogens is 276 g/mol. The Hall–Kier alpha value is -1.35. The number of rotatable bonds is 13. The van der Waals surface area contributed by atoms with Crippen LogP contribution >= 0.6 is 0 Å². The van der Waals surface area contributed by atoms with Crippen LogP contribution in [0.25, 0.3) is 0 Å². The van der Waals surface area contributed by atoms with Gasteiger partial charge < -0.3 is 9.84 Å². The van der Waals surface area contributed by atoms with Gasteiger partial charge in [0.15, 0.2) is 0 Å². The van der Waals surface area contributed by atoms with Crippen molar-refractivity contribution in [3.05, 3.63) is 35.9 Å². The second-order valence-electron chi connectivity index (χ2n) is 5.93. The molecule has 3 nitrogen and oxygen atoms in total. The summed E-state index contributed by atoms with van der Waals surface area (Å²) < 4.78 is 5.80. The van der Waals surface area contributed by atoms with Gasteiger partial charge in [0.05, 0.1) is 19.1 Å². The standard InChI is InChI=1S/C19H30O3/c1-2-3-4-5-6-7-11-14-18(15-19(20)21)22-16-17-12-9-8-10-13-17/h8-10,12-13,18H,2-7,11,14-16H2,1H3,(H,20,21). The number of ether oxygens (including phenoxy) is 1. The van der Waals surface area contributed by atoms with Crippen molar-refractivity contribution in [2.24, 2.45) is 0 Å². The van der Waals surface area contributed by atoms with Crippen LogP contribution in [0.5, 0.6) is 0 Å². The van der Waals surface area contributed by atoms with E-state index < -0.39 is 5.97 Å². The Balaban J connectivity index is 2.21. The number of aliphatic carboxylic acids is 1. The van der Waals surface area contributed by atoms with E-state index in [-0.39, 0.29) is 12.5 Å². The topological polar surface area (TPSA) is 46.5 Å². The minimum Gasteiger partial charge on any atom is -0.481 e. The van der Waals surface area contributed by atoms with Crippen LogP contribution in [0.3, 0.4) is 0 Å². The van der Waals surface area contributed by atoms with Crippen LogP contribution < -0.4 is 0 Å². The van der Waals surface area contributed by atoms with E-state index in [0.717, 1.165) is 18.4 Å². The highest BCUT2D eigenvalue weighted by molar-refractivity contribution is 5.67. The third-order valence-corrected chi connectivity index (χ3v) is 3.86. The average Bonchev–Trinajstić information content (AvgIpc) is 2.52. The molecule has 3 heteroatoms. The van der Waals surface area contributed by atoms with Gasteiger partial charge in [-0.1, -0.05) is 82.2 Å². The van der Waals surface area contributed by atoms with Crippen molar-refractivity contribution in [1.82, 2.24) is 0 Å². The van der Waals surface area contributed by atoms with E-state index in [1.807, 2.05) is 30.3 Å². The van der Waals surface area contributed by atoms with Crippen LogP contribution in [0.2, 0.25) is 0 Å². The Labute approximate surface area is 134 Å². The number of hydrogen-bond acceptors (Lipinski definition) is 2. The maximum absolute atomic E-state index is 10.9. The minimum atomic E-state index is -0.777. The largest absolute Gasteiger partial charge is 0.481 e. The molecule has 0 amide bonds. The monoisotopic (exact) mass is 306 g/mol. The van der Waals surface area contributed by atoms with Crippen LogP contribution in [-0.4, -0.2) is 17.2 Å². The number of hydrogen-bond donors (Lipinski definition) is 1.